The Morgan fingerprint density at radius 3 is 2.70 bits per heavy atom. The van der Waals surface area contributed by atoms with Crippen LogP contribution < -0.4 is 5.32 Å². The number of benzene rings is 2. The maximum atomic E-state index is 12.8. The number of rotatable bonds is 6. The zero-order chi connectivity index (χ0) is 21.3. The first-order valence-corrected chi connectivity index (χ1v) is 10.8. The lowest BCUT2D eigenvalue weighted by molar-refractivity contribution is -0.115. The van der Waals surface area contributed by atoms with Crippen molar-refractivity contribution in [3.63, 3.8) is 0 Å². The van der Waals surface area contributed by atoms with Gasteiger partial charge in [0.15, 0.2) is 0 Å². The number of hydrogen-bond donors (Lipinski definition) is 2. The summed E-state index contributed by atoms with van der Waals surface area (Å²) in [5, 5.41) is 12.4. The summed E-state index contributed by atoms with van der Waals surface area (Å²) < 4.78 is 5.83. The van der Waals surface area contributed by atoms with E-state index in [1.54, 1.807) is 0 Å². The number of aryl methyl sites for hydroxylation is 1. The molecule has 2 aromatic carbocycles. The fourth-order valence-electron chi connectivity index (χ4n) is 3.39. The van der Waals surface area contributed by atoms with E-state index >= 15 is 0 Å². The summed E-state index contributed by atoms with van der Waals surface area (Å²) in [5.41, 5.74) is 4.91. The van der Waals surface area contributed by atoms with Crippen molar-refractivity contribution < 1.29 is 9.21 Å². The molecule has 6 nitrogen and oxygen atoms in total. The number of fused-ring (bicyclic) bond motifs is 1. The molecule has 0 fully saturated rings. The Morgan fingerprint density at radius 1 is 1.10 bits per heavy atom. The molecule has 0 bridgehead atoms. The number of anilines is 1. The molecular formula is C23H24N4O2S. The van der Waals surface area contributed by atoms with E-state index in [-0.39, 0.29) is 11.2 Å². The molecule has 0 aliphatic carbocycles. The smallest absolute Gasteiger partial charge is 0.277 e. The number of carbonyl (C=O) groups is 1. The van der Waals surface area contributed by atoms with Crippen molar-refractivity contribution in [3.8, 4) is 11.5 Å². The fraction of sp³-hybridized carbons (Fsp3) is 0.261. The van der Waals surface area contributed by atoms with Gasteiger partial charge in [0.05, 0.1) is 10.8 Å². The number of para-hydroxylation sites is 2. The molecule has 1 amide bonds. The van der Waals surface area contributed by atoms with Gasteiger partial charge in [-0.05, 0) is 37.0 Å². The molecule has 0 unspecified atom stereocenters. The van der Waals surface area contributed by atoms with Crippen LogP contribution in [-0.4, -0.2) is 26.3 Å². The van der Waals surface area contributed by atoms with Crippen LogP contribution in [0.3, 0.4) is 0 Å². The van der Waals surface area contributed by atoms with Crippen molar-refractivity contribution in [1.29, 1.82) is 0 Å². The molecule has 2 heterocycles. The van der Waals surface area contributed by atoms with Crippen molar-refractivity contribution in [3.05, 3.63) is 59.8 Å². The average molecular weight is 421 g/mol. The molecular weight excluding hydrogens is 396 g/mol. The van der Waals surface area contributed by atoms with Gasteiger partial charge in [0.25, 0.3) is 11.1 Å². The first-order chi connectivity index (χ1) is 14.4. The van der Waals surface area contributed by atoms with E-state index in [9.17, 15) is 4.79 Å². The normalized spacial score (nSPS) is 12.4. The molecule has 0 aliphatic rings. The molecule has 4 aromatic rings. The lowest BCUT2D eigenvalue weighted by Crippen LogP contribution is -2.23. The maximum absolute atomic E-state index is 12.8. The number of aromatic nitrogens is 3. The minimum atomic E-state index is -0.388. The molecule has 2 N–H and O–H groups in total. The Bertz CT molecular complexity index is 1190. The van der Waals surface area contributed by atoms with Crippen LogP contribution in [0.4, 0.5) is 5.69 Å². The number of aromatic amines is 1. The second kappa shape index (κ2) is 8.36. The van der Waals surface area contributed by atoms with Crippen molar-refractivity contribution in [2.75, 3.05) is 5.32 Å². The average Bonchev–Trinajstić information content (AvgIpc) is 3.35. The molecule has 7 heteroatoms. The maximum Gasteiger partial charge on any atom is 0.277 e. The first kappa shape index (κ1) is 20.2. The zero-order valence-electron chi connectivity index (χ0n) is 17.4. The summed E-state index contributed by atoms with van der Waals surface area (Å²) in [6.45, 7) is 8.08. The summed E-state index contributed by atoms with van der Waals surface area (Å²) in [6.07, 6.45) is 1.86. The summed E-state index contributed by atoms with van der Waals surface area (Å²) >= 11 is 1.25. The largest absolute Gasteiger partial charge is 0.411 e. The quantitative estimate of drug-likeness (QED) is 0.387. The monoisotopic (exact) mass is 420 g/mol. The van der Waals surface area contributed by atoms with Crippen LogP contribution in [0.5, 0.6) is 0 Å². The Hall–Kier alpha value is -3.06. The zero-order valence-corrected chi connectivity index (χ0v) is 18.2. The van der Waals surface area contributed by atoms with E-state index in [0.717, 1.165) is 33.3 Å². The summed E-state index contributed by atoms with van der Waals surface area (Å²) in [6, 6.07) is 14.0. The second-order valence-corrected chi connectivity index (χ2v) is 8.86. The number of nitrogens with one attached hydrogen (secondary N) is 2. The molecule has 2 aromatic heterocycles. The molecule has 4 rings (SSSR count). The number of thioether (sulfide) groups is 1. The van der Waals surface area contributed by atoms with Crippen LogP contribution in [0, 0.1) is 6.92 Å². The van der Waals surface area contributed by atoms with Crippen LogP contribution in [0.25, 0.3) is 22.4 Å². The summed E-state index contributed by atoms with van der Waals surface area (Å²) in [5.74, 6) is 0.657. The molecule has 0 saturated heterocycles. The highest BCUT2D eigenvalue weighted by molar-refractivity contribution is 8.00. The SMILES string of the molecule is Cc1cccc(C(C)C)c1NC(=O)[C@H](C)Sc1nnc(-c2c[nH]c3ccccc23)o1. The Labute approximate surface area is 179 Å². The van der Waals surface area contributed by atoms with E-state index < -0.39 is 0 Å². The van der Waals surface area contributed by atoms with Crippen molar-refractivity contribution in [1.82, 2.24) is 15.2 Å². The Kier molecular flexibility index (Phi) is 5.63. The third-order valence-corrected chi connectivity index (χ3v) is 5.98. The molecule has 0 saturated carbocycles. The highest BCUT2D eigenvalue weighted by Gasteiger charge is 2.21. The number of H-pyrrole nitrogens is 1. The molecule has 0 aliphatic heterocycles. The van der Waals surface area contributed by atoms with Gasteiger partial charge in [-0.3, -0.25) is 4.79 Å². The Balaban J connectivity index is 1.49. The predicted octanol–water partition coefficient (Wildman–Crippen LogP) is 5.77. The lowest BCUT2D eigenvalue weighted by Gasteiger charge is -2.18. The van der Waals surface area contributed by atoms with Crippen molar-refractivity contribution >= 4 is 34.3 Å². The van der Waals surface area contributed by atoms with E-state index in [4.69, 9.17) is 4.42 Å². The van der Waals surface area contributed by atoms with Crippen LogP contribution in [-0.2, 0) is 4.79 Å². The number of carbonyl (C=O) groups excluding carboxylic acids is 1. The first-order valence-electron chi connectivity index (χ1n) is 9.91. The van der Waals surface area contributed by atoms with E-state index in [2.05, 4.69) is 40.4 Å². The van der Waals surface area contributed by atoms with Gasteiger partial charge in [-0.2, -0.15) is 0 Å². The van der Waals surface area contributed by atoms with Gasteiger partial charge in [-0.15, -0.1) is 10.2 Å². The van der Waals surface area contributed by atoms with Crippen LogP contribution in [0.1, 0.15) is 37.8 Å². The minimum absolute atomic E-state index is 0.0944. The Morgan fingerprint density at radius 2 is 1.90 bits per heavy atom. The minimum Gasteiger partial charge on any atom is -0.411 e. The number of nitrogens with zero attached hydrogens (tertiary/aromatic N) is 2. The van der Waals surface area contributed by atoms with Crippen LogP contribution >= 0.6 is 11.8 Å². The number of hydrogen-bond acceptors (Lipinski definition) is 5. The highest BCUT2D eigenvalue weighted by Crippen LogP contribution is 2.32. The predicted molar refractivity (Wildman–Crippen MR) is 121 cm³/mol. The second-order valence-electron chi connectivity index (χ2n) is 7.56. The van der Waals surface area contributed by atoms with Gasteiger partial charge in [0.2, 0.25) is 5.91 Å². The molecule has 0 spiro atoms. The lowest BCUT2D eigenvalue weighted by atomic mass is 9.98. The highest BCUT2D eigenvalue weighted by atomic mass is 32.2. The molecule has 154 valence electrons. The number of amides is 1. The van der Waals surface area contributed by atoms with Gasteiger partial charge >= 0.3 is 0 Å². The summed E-state index contributed by atoms with van der Waals surface area (Å²) in [4.78, 5) is 16.0. The van der Waals surface area contributed by atoms with Gasteiger partial charge in [-0.1, -0.05) is 62.0 Å². The summed E-state index contributed by atoms with van der Waals surface area (Å²) in [7, 11) is 0. The standard InChI is InChI=1S/C23H24N4O2S/c1-13(2)16-10-7-8-14(3)20(16)25-21(28)15(4)30-23-27-26-22(29-23)18-12-24-19-11-6-5-9-17(18)19/h5-13,15,24H,1-4H3,(H,25,28)/t15-/m0/s1. The molecule has 30 heavy (non-hydrogen) atoms. The van der Waals surface area contributed by atoms with Crippen LogP contribution in [0.15, 0.2) is 58.3 Å². The van der Waals surface area contributed by atoms with E-state index in [1.165, 1.54) is 11.8 Å². The van der Waals surface area contributed by atoms with Gasteiger partial charge in [0.1, 0.15) is 0 Å². The van der Waals surface area contributed by atoms with Gasteiger partial charge in [0, 0.05) is 22.8 Å². The van der Waals surface area contributed by atoms with E-state index in [0.29, 0.717) is 17.0 Å². The molecule has 1 atom stereocenters. The van der Waals surface area contributed by atoms with E-state index in [1.807, 2.05) is 56.4 Å². The van der Waals surface area contributed by atoms with Crippen LogP contribution in [0.2, 0.25) is 0 Å². The third-order valence-electron chi connectivity index (χ3n) is 5.05. The molecule has 0 radical (unpaired) electrons. The van der Waals surface area contributed by atoms with Gasteiger partial charge < -0.3 is 14.7 Å². The van der Waals surface area contributed by atoms with Crippen molar-refractivity contribution in [2.45, 2.75) is 44.1 Å². The fourth-order valence-corrected chi connectivity index (χ4v) is 4.07. The van der Waals surface area contributed by atoms with Crippen molar-refractivity contribution in [2.24, 2.45) is 0 Å². The van der Waals surface area contributed by atoms with Gasteiger partial charge in [-0.25, -0.2) is 0 Å². The third kappa shape index (κ3) is 3.98. The topological polar surface area (TPSA) is 83.8 Å².